The molecule has 0 aliphatic heterocycles. The molecule has 2 aromatic rings. The molecule has 0 fully saturated rings. The van der Waals surface area contributed by atoms with E-state index in [0.29, 0.717) is 44.6 Å². The number of benzene rings is 1. The van der Waals surface area contributed by atoms with E-state index in [4.69, 9.17) is 4.74 Å². The molecule has 1 atom stereocenters. The number of aliphatic hydroxyl groups excluding tert-OH is 1. The second-order valence-electron chi connectivity index (χ2n) is 6.23. The van der Waals surface area contributed by atoms with E-state index in [1.165, 1.54) is 0 Å². The molecular formula is C18H26N4O6. The smallest absolute Gasteiger partial charge is 0.294 e. The Labute approximate surface area is 162 Å². The Hall–Kier alpha value is -2.85. The first-order valence-corrected chi connectivity index (χ1v) is 9.18. The average molecular weight is 394 g/mol. The number of hydrogen-bond donors (Lipinski definition) is 4. The van der Waals surface area contributed by atoms with Gasteiger partial charge in [0.1, 0.15) is 18.5 Å². The van der Waals surface area contributed by atoms with E-state index in [1.54, 1.807) is 0 Å². The van der Waals surface area contributed by atoms with Crippen molar-refractivity contribution in [2.45, 2.75) is 25.4 Å². The fourth-order valence-electron chi connectivity index (χ4n) is 2.60. The molecule has 0 aliphatic rings. The predicted octanol–water partition coefficient (Wildman–Crippen LogP) is 0.992. The lowest BCUT2D eigenvalue weighted by molar-refractivity contribution is -0.757. The van der Waals surface area contributed by atoms with Gasteiger partial charge in [-0.2, -0.15) is 0 Å². The van der Waals surface area contributed by atoms with Crippen LogP contribution in [0.25, 0.3) is 10.9 Å². The normalized spacial score (nSPS) is 11.9. The Morgan fingerprint density at radius 3 is 2.96 bits per heavy atom. The van der Waals surface area contributed by atoms with Crippen molar-refractivity contribution in [3.05, 3.63) is 40.6 Å². The molecule has 1 amide bonds. The second-order valence-corrected chi connectivity index (χ2v) is 6.23. The molecule has 154 valence electrons. The van der Waals surface area contributed by atoms with Crippen molar-refractivity contribution in [2.24, 2.45) is 0 Å². The largest absolute Gasteiger partial charge is 0.490 e. The number of hydrogen-bond acceptors (Lipinski definition) is 7. The van der Waals surface area contributed by atoms with E-state index in [0.717, 1.165) is 10.9 Å². The summed E-state index contributed by atoms with van der Waals surface area (Å²) in [6, 6.07) is 7.62. The number of rotatable bonds is 14. The van der Waals surface area contributed by atoms with Gasteiger partial charge in [-0.3, -0.25) is 4.79 Å². The minimum absolute atomic E-state index is 0.000379. The van der Waals surface area contributed by atoms with Gasteiger partial charge in [0, 0.05) is 43.2 Å². The Morgan fingerprint density at radius 1 is 1.29 bits per heavy atom. The number of nitrogens with one attached hydrogen (secondary N) is 3. The van der Waals surface area contributed by atoms with Gasteiger partial charge in [0.15, 0.2) is 0 Å². The quantitative estimate of drug-likeness (QED) is 0.213. The summed E-state index contributed by atoms with van der Waals surface area (Å²) in [5.41, 5.74) is 0.978. The summed E-state index contributed by atoms with van der Waals surface area (Å²) >= 11 is 0. The zero-order valence-electron chi connectivity index (χ0n) is 15.6. The third kappa shape index (κ3) is 7.80. The third-order valence-electron chi connectivity index (χ3n) is 3.98. The molecule has 4 N–H and O–H groups in total. The topological polar surface area (TPSA) is 139 Å². The Balaban J connectivity index is 1.49. The van der Waals surface area contributed by atoms with Crippen molar-refractivity contribution in [1.29, 1.82) is 0 Å². The molecule has 2 rings (SSSR count). The highest BCUT2D eigenvalue weighted by atomic mass is 16.9. The molecule has 1 aromatic heterocycles. The number of carbonyl (C=O) groups excluding carboxylic acids is 1. The van der Waals surface area contributed by atoms with Gasteiger partial charge in [0.25, 0.3) is 5.09 Å². The number of H-pyrrole nitrogens is 1. The van der Waals surface area contributed by atoms with Crippen molar-refractivity contribution in [2.75, 3.05) is 32.8 Å². The van der Waals surface area contributed by atoms with Crippen molar-refractivity contribution in [1.82, 2.24) is 15.6 Å². The zero-order chi connectivity index (χ0) is 20.2. The molecule has 0 radical (unpaired) electrons. The van der Waals surface area contributed by atoms with Crippen LogP contribution >= 0.6 is 0 Å². The summed E-state index contributed by atoms with van der Waals surface area (Å²) in [5, 5.41) is 25.9. The van der Waals surface area contributed by atoms with Gasteiger partial charge in [-0.1, -0.05) is 6.07 Å². The van der Waals surface area contributed by atoms with Crippen LogP contribution in [0.2, 0.25) is 0 Å². The van der Waals surface area contributed by atoms with Crippen LogP contribution in [-0.2, 0) is 9.63 Å². The van der Waals surface area contributed by atoms with Crippen LogP contribution in [0.5, 0.6) is 5.75 Å². The molecule has 28 heavy (non-hydrogen) atoms. The number of aromatic amines is 1. The molecule has 0 aliphatic carbocycles. The van der Waals surface area contributed by atoms with Gasteiger partial charge in [-0.15, -0.1) is 10.1 Å². The lowest BCUT2D eigenvalue weighted by Crippen LogP contribution is -2.37. The van der Waals surface area contributed by atoms with Gasteiger partial charge in [-0.25, -0.2) is 0 Å². The number of nitrogens with zero attached hydrogens (tertiary/aromatic N) is 1. The zero-order valence-corrected chi connectivity index (χ0v) is 15.6. The number of ether oxygens (including phenoxy) is 1. The number of amides is 1. The molecule has 1 heterocycles. The summed E-state index contributed by atoms with van der Waals surface area (Å²) in [5.74, 6) is 0.597. The maximum atomic E-state index is 11.6. The first-order valence-electron chi connectivity index (χ1n) is 9.18. The fourth-order valence-corrected chi connectivity index (χ4v) is 2.60. The van der Waals surface area contributed by atoms with E-state index in [9.17, 15) is 20.0 Å². The van der Waals surface area contributed by atoms with Gasteiger partial charge in [0.2, 0.25) is 5.91 Å². The van der Waals surface area contributed by atoms with Crippen LogP contribution in [0.4, 0.5) is 0 Å². The second kappa shape index (κ2) is 11.8. The Bertz CT molecular complexity index is 751. The molecule has 10 heteroatoms. The summed E-state index contributed by atoms with van der Waals surface area (Å²) in [4.78, 5) is 28.8. The lowest BCUT2D eigenvalue weighted by atomic mass is 10.2. The highest BCUT2D eigenvalue weighted by Gasteiger charge is 2.08. The molecule has 0 bridgehead atoms. The molecule has 1 unspecified atom stereocenters. The SMILES string of the molecule is O=C(CCCCO[N+](=O)[O-])NCCNCC(O)COc1cccc2[nH]ccc12. The fraction of sp³-hybridized carbons (Fsp3) is 0.500. The summed E-state index contributed by atoms with van der Waals surface area (Å²) in [6.07, 6.45) is 2.44. The number of unbranched alkanes of at least 4 members (excludes halogenated alkanes) is 1. The van der Waals surface area contributed by atoms with E-state index in [-0.39, 0.29) is 19.1 Å². The van der Waals surface area contributed by atoms with E-state index in [2.05, 4.69) is 20.5 Å². The first kappa shape index (κ1) is 21.5. The Morgan fingerprint density at radius 2 is 2.14 bits per heavy atom. The molecular weight excluding hydrogens is 368 g/mol. The molecule has 10 nitrogen and oxygen atoms in total. The maximum absolute atomic E-state index is 11.6. The number of carbonyl (C=O) groups is 1. The van der Waals surface area contributed by atoms with Crippen LogP contribution in [0.3, 0.4) is 0 Å². The summed E-state index contributed by atoms with van der Waals surface area (Å²) in [7, 11) is 0. The van der Waals surface area contributed by atoms with E-state index >= 15 is 0 Å². The molecule has 1 aromatic carbocycles. The maximum Gasteiger partial charge on any atom is 0.294 e. The number of aliphatic hydroxyl groups is 1. The molecule has 0 spiro atoms. The van der Waals surface area contributed by atoms with Crippen molar-refractivity contribution in [3.8, 4) is 5.75 Å². The summed E-state index contributed by atoms with van der Waals surface area (Å²) in [6.45, 7) is 1.45. The van der Waals surface area contributed by atoms with Crippen LogP contribution in [-0.4, -0.2) is 60.0 Å². The predicted molar refractivity (Wildman–Crippen MR) is 102 cm³/mol. The lowest BCUT2D eigenvalue weighted by Gasteiger charge is -2.14. The minimum atomic E-state index is -0.841. The van der Waals surface area contributed by atoms with Crippen LogP contribution in [0.15, 0.2) is 30.5 Å². The number of aromatic nitrogens is 1. The highest BCUT2D eigenvalue weighted by Crippen LogP contribution is 2.24. The Kier molecular flexibility index (Phi) is 9.02. The standard InChI is InChI=1S/C18H26N4O6/c23-14(13-27-17-5-3-4-16-15(17)7-8-20-16)12-19-9-10-21-18(24)6-1-2-11-28-22(25)26/h3-5,7-8,14,19-20,23H,1-2,6,9-13H2,(H,21,24). The summed E-state index contributed by atoms with van der Waals surface area (Å²) < 4.78 is 5.68. The molecule has 0 saturated heterocycles. The first-order chi connectivity index (χ1) is 13.6. The molecule has 0 saturated carbocycles. The van der Waals surface area contributed by atoms with Crippen LogP contribution in [0.1, 0.15) is 19.3 Å². The van der Waals surface area contributed by atoms with E-state index < -0.39 is 11.2 Å². The van der Waals surface area contributed by atoms with Gasteiger partial charge >= 0.3 is 0 Å². The van der Waals surface area contributed by atoms with Crippen LogP contribution < -0.4 is 15.4 Å². The van der Waals surface area contributed by atoms with Gasteiger partial charge < -0.3 is 30.3 Å². The number of fused-ring (bicyclic) bond motifs is 1. The minimum Gasteiger partial charge on any atom is -0.490 e. The third-order valence-corrected chi connectivity index (χ3v) is 3.98. The van der Waals surface area contributed by atoms with Crippen molar-refractivity contribution < 1.29 is 24.6 Å². The van der Waals surface area contributed by atoms with Crippen molar-refractivity contribution >= 4 is 16.8 Å². The van der Waals surface area contributed by atoms with Crippen LogP contribution in [0, 0.1) is 10.1 Å². The van der Waals surface area contributed by atoms with E-state index in [1.807, 2.05) is 30.5 Å². The highest BCUT2D eigenvalue weighted by molar-refractivity contribution is 5.85. The van der Waals surface area contributed by atoms with Gasteiger partial charge in [-0.05, 0) is 31.0 Å². The average Bonchev–Trinajstić information content (AvgIpc) is 3.15. The monoisotopic (exact) mass is 394 g/mol. The van der Waals surface area contributed by atoms with Gasteiger partial charge in [0.05, 0.1) is 6.61 Å². The van der Waals surface area contributed by atoms with Crippen molar-refractivity contribution in [3.63, 3.8) is 0 Å².